The highest BCUT2D eigenvalue weighted by Gasteiger charge is 2.23. The first kappa shape index (κ1) is 9.60. The predicted octanol–water partition coefficient (Wildman–Crippen LogP) is 1.41. The fourth-order valence-electron chi connectivity index (χ4n) is 1.88. The number of fused-ring (bicyclic) bond motifs is 3. The Morgan fingerprint density at radius 3 is 3.06 bits per heavy atom. The lowest BCUT2D eigenvalue weighted by Gasteiger charge is -2.05. The Morgan fingerprint density at radius 2 is 2.24 bits per heavy atom. The Balaban J connectivity index is 2.31. The van der Waals surface area contributed by atoms with Crippen molar-refractivity contribution in [3.05, 3.63) is 47.5 Å². The molecule has 0 fully saturated rings. The standard InChI is InChI=1S/C12H7N3O2/c13-5-9-11-6-17-12(16)8-3-1-2-4-10(8)15(11)7-14-9/h1-4,7H,6H2. The van der Waals surface area contributed by atoms with Gasteiger partial charge in [-0.2, -0.15) is 5.26 Å². The summed E-state index contributed by atoms with van der Waals surface area (Å²) in [6, 6.07) is 9.08. The average molecular weight is 225 g/mol. The first-order chi connectivity index (χ1) is 8.31. The zero-order valence-corrected chi connectivity index (χ0v) is 8.75. The Hall–Kier alpha value is -2.61. The third-order valence-electron chi connectivity index (χ3n) is 2.70. The molecular weight excluding hydrogens is 218 g/mol. The van der Waals surface area contributed by atoms with Gasteiger partial charge in [-0.25, -0.2) is 9.78 Å². The van der Waals surface area contributed by atoms with E-state index in [4.69, 9.17) is 10.00 Å². The third kappa shape index (κ3) is 1.31. The summed E-state index contributed by atoms with van der Waals surface area (Å²) in [5, 5.41) is 8.92. The molecule has 0 radical (unpaired) electrons. The lowest BCUT2D eigenvalue weighted by atomic mass is 10.2. The Kier molecular flexibility index (Phi) is 1.95. The average Bonchev–Trinajstić information content (AvgIpc) is 2.72. The van der Waals surface area contributed by atoms with Gasteiger partial charge in [0.15, 0.2) is 5.69 Å². The second-order valence-corrected chi connectivity index (χ2v) is 3.61. The first-order valence-corrected chi connectivity index (χ1v) is 5.04. The van der Waals surface area contributed by atoms with Crippen molar-refractivity contribution >= 4 is 5.97 Å². The molecule has 0 amide bonds. The van der Waals surface area contributed by atoms with E-state index in [-0.39, 0.29) is 18.3 Å². The molecule has 0 atom stereocenters. The summed E-state index contributed by atoms with van der Waals surface area (Å²) in [6.45, 7) is 0.0659. The molecule has 0 N–H and O–H groups in total. The summed E-state index contributed by atoms with van der Waals surface area (Å²) in [7, 11) is 0. The number of nitrogens with zero attached hydrogens (tertiary/aromatic N) is 3. The van der Waals surface area contributed by atoms with E-state index >= 15 is 0 Å². The van der Waals surface area contributed by atoms with Crippen LogP contribution in [0.3, 0.4) is 0 Å². The Morgan fingerprint density at radius 1 is 1.41 bits per heavy atom. The van der Waals surface area contributed by atoms with Crippen LogP contribution in [0.2, 0.25) is 0 Å². The number of carbonyl (C=O) groups is 1. The minimum atomic E-state index is -0.381. The van der Waals surface area contributed by atoms with Crippen LogP contribution in [0, 0.1) is 11.3 Å². The number of hydrogen-bond acceptors (Lipinski definition) is 4. The van der Waals surface area contributed by atoms with Crippen LogP contribution in [0.4, 0.5) is 0 Å². The molecule has 0 saturated carbocycles. The van der Waals surface area contributed by atoms with Crippen molar-refractivity contribution in [2.24, 2.45) is 0 Å². The van der Waals surface area contributed by atoms with Gasteiger partial charge in [0.25, 0.3) is 0 Å². The number of carbonyl (C=O) groups excluding carboxylic acids is 1. The molecule has 2 heterocycles. The van der Waals surface area contributed by atoms with Crippen LogP contribution < -0.4 is 0 Å². The number of esters is 1. The monoisotopic (exact) mass is 225 g/mol. The zero-order chi connectivity index (χ0) is 11.8. The predicted molar refractivity (Wildman–Crippen MR) is 57.4 cm³/mol. The van der Waals surface area contributed by atoms with E-state index < -0.39 is 0 Å². The lowest BCUT2D eigenvalue weighted by molar-refractivity contribution is 0.0475. The van der Waals surface area contributed by atoms with Crippen molar-refractivity contribution in [1.82, 2.24) is 9.55 Å². The molecule has 5 nitrogen and oxygen atoms in total. The van der Waals surface area contributed by atoms with Crippen LogP contribution in [-0.4, -0.2) is 15.5 Å². The number of rotatable bonds is 0. The molecule has 2 aromatic rings. The summed E-state index contributed by atoms with van der Waals surface area (Å²) in [5.74, 6) is -0.381. The highest BCUT2D eigenvalue weighted by Crippen LogP contribution is 2.23. The van der Waals surface area contributed by atoms with Gasteiger partial charge in [0.05, 0.1) is 16.9 Å². The van der Waals surface area contributed by atoms with Gasteiger partial charge < -0.3 is 4.74 Å². The van der Waals surface area contributed by atoms with Crippen LogP contribution in [0.5, 0.6) is 0 Å². The Bertz CT molecular complexity index is 652. The third-order valence-corrected chi connectivity index (χ3v) is 2.70. The molecule has 0 saturated heterocycles. The van der Waals surface area contributed by atoms with Crippen molar-refractivity contribution in [2.75, 3.05) is 0 Å². The summed E-state index contributed by atoms with van der Waals surface area (Å²) >= 11 is 0. The fourth-order valence-corrected chi connectivity index (χ4v) is 1.88. The largest absolute Gasteiger partial charge is 0.455 e. The molecule has 82 valence electrons. The summed E-state index contributed by atoms with van der Waals surface area (Å²) in [4.78, 5) is 15.7. The molecular formula is C12H7N3O2. The molecule has 0 spiro atoms. The van der Waals surface area contributed by atoms with Crippen LogP contribution in [0.1, 0.15) is 21.7 Å². The van der Waals surface area contributed by atoms with Gasteiger partial charge in [0.2, 0.25) is 0 Å². The maximum Gasteiger partial charge on any atom is 0.340 e. The topological polar surface area (TPSA) is 67.9 Å². The summed E-state index contributed by atoms with van der Waals surface area (Å²) in [6.07, 6.45) is 1.54. The van der Waals surface area contributed by atoms with Crippen molar-refractivity contribution < 1.29 is 9.53 Å². The molecule has 17 heavy (non-hydrogen) atoms. The number of para-hydroxylation sites is 1. The number of ether oxygens (including phenoxy) is 1. The number of aromatic nitrogens is 2. The van der Waals surface area contributed by atoms with Crippen LogP contribution in [0.25, 0.3) is 5.69 Å². The second-order valence-electron chi connectivity index (χ2n) is 3.61. The lowest BCUT2D eigenvalue weighted by Crippen LogP contribution is -2.03. The van der Waals surface area contributed by atoms with E-state index in [0.29, 0.717) is 16.9 Å². The molecule has 0 unspecified atom stereocenters. The van der Waals surface area contributed by atoms with Crippen LogP contribution >= 0.6 is 0 Å². The van der Waals surface area contributed by atoms with Gasteiger partial charge in [0, 0.05) is 0 Å². The second kappa shape index (κ2) is 3.46. The maximum atomic E-state index is 11.7. The van der Waals surface area contributed by atoms with Crippen LogP contribution in [0.15, 0.2) is 30.6 Å². The summed E-state index contributed by atoms with van der Waals surface area (Å²) in [5.41, 5.74) is 2.06. The molecule has 0 aliphatic carbocycles. The smallest absolute Gasteiger partial charge is 0.340 e. The van der Waals surface area contributed by atoms with Crippen molar-refractivity contribution in [3.63, 3.8) is 0 Å². The van der Waals surface area contributed by atoms with E-state index in [9.17, 15) is 4.79 Å². The SMILES string of the molecule is N#Cc1ncn2c1COC(=O)c1ccccc1-2. The molecule has 5 heteroatoms. The van der Waals surface area contributed by atoms with Gasteiger partial charge in [0.1, 0.15) is 19.0 Å². The minimum Gasteiger partial charge on any atom is -0.455 e. The number of cyclic esters (lactones) is 1. The van der Waals surface area contributed by atoms with Gasteiger partial charge in [-0.05, 0) is 12.1 Å². The van der Waals surface area contributed by atoms with E-state index in [1.54, 1.807) is 22.8 Å². The number of hydrogen-bond donors (Lipinski definition) is 0. The molecule has 1 aromatic carbocycles. The maximum absolute atomic E-state index is 11.7. The first-order valence-electron chi connectivity index (χ1n) is 5.04. The van der Waals surface area contributed by atoms with Crippen molar-refractivity contribution in [1.29, 1.82) is 5.26 Å². The zero-order valence-electron chi connectivity index (χ0n) is 8.75. The normalized spacial score (nSPS) is 13.0. The van der Waals surface area contributed by atoms with Crippen molar-refractivity contribution in [3.8, 4) is 11.8 Å². The molecule has 1 aromatic heterocycles. The highest BCUT2D eigenvalue weighted by atomic mass is 16.5. The highest BCUT2D eigenvalue weighted by molar-refractivity contribution is 5.94. The molecule has 1 aliphatic rings. The van der Waals surface area contributed by atoms with E-state index in [0.717, 1.165) is 0 Å². The van der Waals surface area contributed by atoms with Gasteiger partial charge in [-0.15, -0.1) is 0 Å². The van der Waals surface area contributed by atoms with E-state index in [1.807, 2.05) is 12.1 Å². The summed E-state index contributed by atoms with van der Waals surface area (Å²) < 4.78 is 6.83. The van der Waals surface area contributed by atoms with E-state index in [1.165, 1.54) is 6.33 Å². The molecule has 1 aliphatic heterocycles. The Labute approximate surface area is 96.9 Å². The number of nitriles is 1. The number of imidazole rings is 1. The van der Waals surface area contributed by atoms with Crippen molar-refractivity contribution in [2.45, 2.75) is 6.61 Å². The minimum absolute atomic E-state index is 0.0659. The van der Waals surface area contributed by atoms with Gasteiger partial charge in [-0.3, -0.25) is 4.57 Å². The molecule has 3 rings (SSSR count). The van der Waals surface area contributed by atoms with E-state index in [2.05, 4.69) is 4.98 Å². The quantitative estimate of drug-likeness (QED) is 0.636. The molecule has 0 bridgehead atoms. The number of benzene rings is 1. The fraction of sp³-hybridized carbons (Fsp3) is 0.0833. The van der Waals surface area contributed by atoms with Crippen LogP contribution in [-0.2, 0) is 11.3 Å². The van der Waals surface area contributed by atoms with Gasteiger partial charge in [-0.1, -0.05) is 12.1 Å². The van der Waals surface area contributed by atoms with Gasteiger partial charge >= 0.3 is 5.97 Å².